The molecular weight excluding hydrogens is 573 g/mol. The molecule has 0 N–H and O–H groups in total. The standard InChI is InChI=1S/C45H30S/c1-4-15-37-32(11-1)34-23-20-29(28-19-22-31-30(25-28)21-24-42-44(31)36-13-3-6-18-41(36)46-42)26-40(34)45(37)38-16-5-2-12-33(38)35-14-7-9-27-10-8-17-39(45)43(27)35/h1-5,7-17,19-26,34,40H,6,18H2. The molecule has 0 radical (unpaired) electrons. The summed E-state index contributed by atoms with van der Waals surface area (Å²) in [6, 6.07) is 44.2. The van der Waals surface area contributed by atoms with Crippen molar-refractivity contribution in [2.45, 2.75) is 24.2 Å². The summed E-state index contributed by atoms with van der Waals surface area (Å²) in [7, 11) is 0. The minimum absolute atomic E-state index is 0.261. The van der Waals surface area contributed by atoms with Crippen molar-refractivity contribution in [3.63, 3.8) is 0 Å². The molecule has 0 saturated carbocycles. The van der Waals surface area contributed by atoms with Crippen molar-refractivity contribution in [2.75, 3.05) is 0 Å². The number of fused-ring (bicyclic) bond motifs is 14. The summed E-state index contributed by atoms with van der Waals surface area (Å²) < 4.78 is 1.41. The highest BCUT2D eigenvalue weighted by molar-refractivity contribution is 7.19. The number of allylic oxidation sites excluding steroid dienone is 5. The Morgan fingerprint density at radius 3 is 2.43 bits per heavy atom. The summed E-state index contributed by atoms with van der Waals surface area (Å²) in [5, 5.41) is 6.87. The Hall–Kier alpha value is -4.98. The van der Waals surface area contributed by atoms with E-state index in [4.69, 9.17) is 0 Å². The van der Waals surface area contributed by atoms with E-state index in [1.54, 1.807) is 0 Å². The van der Waals surface area contributed by atoms with Crippen LogP contribution in [0.5, 0.6) is 0 Å². The van der Waals surface area contributed by atoms with Crippen molar-refractivity contribution in [1.82, 2.24) is 0 Å². The molecule has 0 saturated heterocycles. The summed E-state index contributed by atoms with van der Waals surface area (Å²) in [6.45, 7) is 0. The van der Waals surface area contributed by atoms with Gasteiger partial charge in [-0.25, -0.2) is 0 Å². The van der Waals surface area contributed by atoms with E-state index in [9.17, 15) is 0 Å². The Labute approximate surface area is 272 Å². The smallest absolute Gasteiger partial charge is 0.0538 e. The third-order valence-corrected chi connectivity index (χ3v) is 12.6. The second-order valence-electron chi connectivity index (χ2n) is 13.4. The Bertz CT molecular complexity index is 2550. The quantitative estimate of drug-likeness (QED) is 0.175. The zero-order chi connectivity index (χ0) is 30.0. The molecule has 7 aromatic rings. The zero-order valence-electron chi connectivity index (χ0n) is 25.3. The molecule has 1 spiro atoms. The predicted molar refractivity (Wildman–Crippen MR) is 196 cm³/mol. The van der Waals surface area contributed by atoms with E-state index >= 15 is 0 Å². The van der Waals surface area contributed by atoms with Gasteiger partial charge in [-0.15, -0.1) is 11.3 Å². The van der Waals surface area contributed by atoms with Crippen molar-refractivity contribution in [1.29, 1.82) is 0 Å². The van der Waals surface area contributed by atoms with E-state index in [2.05, 4.69) is 146 Å². The van der Waals surface area contributed by atoms with Crippen LogP contribution in [0.3, 0.4) is 0 Å². The van der Waals surface area contributed by atoms with Gasteiger partial charge in [0.2, 0.25) is 0 Å². The third-order valence-electron chi connectivity index (χ3n) is 11.4. The van der Waals surface area contributed by atoms with Crippen molar-refractivity contribution in [3.05, 3.63) is 178 Å². The van der Waals surface area contributed by atoms with Crippen molar-refractivity contribution in [3.8, 4) is 11.1 Å². The molecule has 6 aromatic carbocycles. The van der Waals surface area contributed by atoms with E-state index in [0.29, 0.717) is 5.92 Å². The lowest BCUT2D eigenvalue weighted by Crippen LogP contribution is -2.37. The van der Waals surface area contributed by atoms with Crippen molar-refractivity contribution < 1.29 is 0 Å². The summed E-state index contributed by atoms with van der Waals surface area (Å²) in [6.07, 6.45) is 14.5. The molecule has 0 bridgehead atoms. The Kier molecular flexibility index (Phi) is 4.97. The fourth-order valence-electron chi connectivity index (χ4n) is 9.60. The lowest BCUT2D eigenvalue weighted by molar-refractivity contribution is 0.460. The molecule has 4 aliphatic rings. The minimum Gasteiger partial charge on any atom is -0.140 e. The Morgan fingerprint density at radius 2 is 1.48 bits per heavy atom. The average Bonchev–Trinajstić information content (AvgIpc) is 3.64. The maximum atomic E-state index is 2.63. The molecule has 216 valence electrons. The van der Waals surface area contributed by atoms with E-state index < -0.39 is 0 Å². The lowest BCUT2D eigenvalue weighted by Gasteiger charge is -2.44. The second-order valence-corrected chi connectivity index (χ2v) is 14.6. The summed E-state index contributed by atoms with van der Waals surface area (Å²) in [5.74, 6) is 0.579. The molecule has 3 unspecified atom stereocenters. The van der Waals surface area contributed by atoms with Gasteiger partial charge in [0.15, 0.2) is 0 Å². The van der Waals surface area contributed by atoms with Crippen LogP contribution >= 0.6 is 11.3 Å². The van der Waals surface area contributed by atoms with Crippen LogP contribution in [0.2, 0.25) is 0 Å². The fraction of sp³-hybridized carbons (Fsp3) is 0.111. The molecule has 0 amide bonds. The van der Waals surface area contributed by atoms with Crippen molar-refractivity contribution in [2.24, 2.45) is 5.92 Å². The van der Waals surface area contributed by atoms with Crippen molar-refractivity contribution >= 4 is 54.6 Å². The molecule has 0 aliphatic heterocycles. The largest absolute Gasteiger partial charge is 0.140 e. The van der Waals surface area contributed by atoms with Gasteiger partial charge in [-0.3, -0.25) is 0 Å². The summed E-state index contributed by atoms with van der Waals surface area (Å²) in [5.41, 5.74) is 12.3. The first-order chi connectivity index (χ1) is 22.8. The first-order valence-electron chi connectivity index (χ1n) is 16.6. The molecular formula is C45H30S. The van der Waals surface area contributed by atoms with Crippen LogP contribution in [0.1, 0.15) is 50.6 Å². The lowest BCUT2D eigenvalue weighted by atomic mass is 9.58. The maximum Gasteiger partial charge on any atom is 0.0538 e. The normalized spacial score (nSPS) is 21.8. The van der Waals surface area contributed by atoms with Gasteiger partial charge < -0.3 is 0 Å². The van der Waals surface area contributed by atoms with E-state index in [1.165, 1.54) is 86.6 Å². The van der Waals surface area contributed by atoms with Gasteiger partial charge >= 0.3 is 0 Å². The van der Waals surface area contributed by atoms with Gasteiger partial charge in [0.1, 0.15) is 0 Å². The van der Waals surface area contributed by atoms with E-state index in [-0.39, 0.29) is 11.3 Å². The van der Waals surface area contributed by atoms with Gasteiger partial charge in [0.25, 0.3) is 0 Å². The number of hydrogen-bond acceptors (Lipinski definition) is 1. The first kappa shape index (κ1) is 25.2. The monoisotopic (exact) mass is 602 g/mol. The Balaban J connectivity index is 1.16. The number of aryl methyl sites for hydroxylation is 1. The molecule has 0 nitrogen and oxygen atoms in total. The number of benzene rings is 6. The van der Waals surface area contributed by atoms with Crippen LogP contribution in [-0.2, 0) is 11.8 Å². The zero-order valence-corrected chi connectivity index (χ0v) is 26.2. The van der Waals surface area contributed by atoms with Gasteiger partial charge in [0.05, 0.1) is 5.41 Å². The van der Waals surface area contributed by atoms with Gasteiger partial charge in [-0.05, 0) is 96.6 Å². The average molecular weight is 603 g/mol. The highest BCUT2D eigenvalue weighted by atomic mass is 32.1. The van der Waals surface area contributed by atoms with Gasteiger partial charge in [-0.2, -0.15) is 0 Å². The van der Waals surface area contributed by atoms with Crippen LogP contribution in [-0.4, -0.2) is 0 Å². The molecule has 46 heavy (non-hydrogen) atoms. The molecule has 1 heterocycles. The topological polar surface area (TPSA) is 0 Å². The maximum absolute atomic E-state index is 2.63. The van der Waals surface area contributed by atoms with Gasteiger partial charge in [0, 0.05) is 26.8 Å². The molecule has 3 atom stereocenters. The summed E-state index contributed by atoms with van der Waals surface area (Å²) >= 11 is 1.98. The molecule has 0 fully saturated rings. The SMILES string of the molecule is C1=Cc2c(sc3ccc4cc(C5=CC6C(C=C5)c5ccccc5C65c6ccccc6-c6cccc7cccc5c67)ccc4c23)CC1. The predicted octanol–water partition coefficient (Wildman–Crippen LogP) is 11.8. The highest BCUT2D eigenvalue weighted by Gasteiger charge is 2.55. The molecule has 11 rings (SSSR count). The first-order valence-corrected chi connectivity index (χ1v) is 17.4. The molecule has 1 aromatic heterocycles. The van der Waals surface area contributed by atoms with Crippen LogP contribution in [0.15, 0.2) is 140 Å². The number of rotatable bonds is 1. The van der Waals surface area contributed by atoms with Crippen LogP contribution in [0.4, 0.5) is 0 Å². The summed E-state index contributed by atoms with van der Waals surface area (Å²) in [4.78, 5) is 1.54. The highest BCUT2D eigenvalue weighted by Crippen LogP contribution is 2.64. The van der Waals surface area contributed by atoms with Gasteiger partial charge in [-0.1, -0.05) is 134 Å². The third kappa shape index (κ3) is 3.09. The fourth-order valence-corrected chi connectivity index (χ4v) is 10.8. The van der Waals surface area contributed by atoms with Crippen LogP contribution < -0.4 is 0 Å². The van der Waals surface area contributed by atoms with Crippen LogP contribution in [0.25, 0.3) is 54.4 Å². The Morgan fingerprint density at radius 1 is 0.652 bits per heavy atom. The molecule has 1 heteroatoms. The second kappa shape index (κ2) is 9.06. The van der Waals surface area contributed by atoms with Crippen LogP contribution in [0, 0.1) is 5.92 Å². The number of hydrogen-bond donors (Lipinski definition) is 0. The van der Waals surface area contributed by atoms with E-state index in [0.717, 1.165) is 12.8 Å². The minimum atomic E-state index is -0.271. The number of thiophene rings is 1. The van der Waals surface area contributed by atoms with E-state index in [1.807, 2.05) is 11.3 Å². The molecule has 4 aliphatic carbocycles.